The van der Waals surface area contributed by atoms with Gasteiger partial charge in [-0.1, -0.05) is 35.8 Å². The largest absolute Gasteiger partial charge is 0.338 e. The summed E-state index contributed by atoms with van der Waals surface area (Å²) in [4.78, 5) is 27.1. The van der Waals surface area contributed by atoms with E-state index in [0.717, 1.165) is 30.0 Å². The van der Waals surface area contributed by atoms with Crippen molar-refractivity contribution >= 4 is 35.1 Å². The molecule has 9 heteroatoms. The fourth-order valence-corrected chi connectivity index (χ4v) is 3.76. The number of fused-ring (bicyclic) bond motifs is 1. The van der Waals surface area contributed by atoms with Crippen LogP contribution in [-0.4, -0.2) is 33.3 Å². The van der Waals surface area contributed by atoms with Crippen LogP contribution in [-0.2, 0) is 16.1 Å². The third-order valence-electron chi connectivity index (χ3n) is 4.98. The van der Waals surface area contributed by atoms with Crippen molar-refractivity contribution in [2.75, 3.05) is 16.8 Å². The lowest BCUT2D eigenvalue weighted by molar-refractivity contribution is -0.126. The topological polar surface area (TPSA) is 93.3 Å². The van der Waals surface area contributed by atoms with E-state index >= 15 is 0 Å². The zero-order valence-corrected chi connectivity index (χ0v) is 17.5. The molecule has 2 amide bonds. The van der Waals surface area contributed by atoms with Gasteiger partial charge in [-0.15, -0.1) is 0 Å². The number of aryl methyl sites for hydroxylation is 2. The minimum atomic E-state index is -0.484. The highest BCUT2D eigenvalue weighted by Crippen LogP contribution is 2.26. The van der Waals surface area contributed by atoms with Gasteiger partial charge in [0.25, 0.3) is 0 Å². The molecular weight excluding hydrogens is 406 g/mol. The molecule has 0 aliphatic carbocycles. The van der Waals surface area contributed by atoms with E-state index in [0.29, 0.717) is 17.3 Å². The number of halogens is 1. The fourth-order valence-electron chi connectivity index (χ4n) is 3.57. The molecule has 1 N–H and O–H groups in total. The van der Waals surface area contributed by atoms with Crippen LogP contribution in [0.15, 0.2) is 40.9 Å². The first-order valence-electron chi connectivity index (χ1n) is 9.79. The van der Waals surface area contributed by atoms with Crippen molar-refractivity contribution in [3.63, 3.8) is 0 Å². The lowest BCUT2D eigenvalue weighted by Crippen LogP contribution is -2.41. The van der Waals surface area contributed by atoms with E-state index in [2.05, 4.69) is 15.6 Å². The van der Waals surface area contributed by atoms with Crippen molar-refractivity contribution in [1.29, 1.82) is 0 Å². The molecule has 0 radical (unpaired) electrons. The Morgan fingerprint density at radius 2 is 2.10 bits per heavy atom. The zero-order valence-electron chi connectivity index (χ0n) is 16.8. The Labute approximate surface area is 178 Å². The van der Waals surface area contributed by atoms with E-state index in [9.17, 15) is 9.59 Å². The first kappa shape index (κ1) is 20.2. The third-order valence-corrected chi connectivity index (χ3v) is 5.22. The molecule has 3 aromatic rings. The van der Waals surface area contributed by atoms with E-state index in [1.54, 1.807) is 30.0 Å². The molecule has 0 fully saturated rings. The molecule has 1 unspecified atom stereocenters. The molecule has 3 heterocycles. The predicted molar refractivity (Wildman–Crippen MR) is 113 cm³/mol. The molecule has 0 saturated carbocycles. The molecule has 0 saturated heterocycles. The van der Waals surface area contributed by atoms with E-state index in [4.69, 9.17) is 16.1 Å². The molecule has 1 aromatic carbocycles. The normalized spacial score (nSPS) is 14.3. The van der Waals surface area contributed by atoms with E-state index in [-0.39, 0.29) is 24.1 Å². The lowest BCUT2D eigenvalue weighted by Gasteiger charge is -2.29. The standard InChI is InChI=1S/C21H22ClN5O3/c1-13(21(29)26-7-4-8-27-20(26)10-14(2)24-27)9-18(28)23-19-12-17(25-30-19)15-5-3-6-16(22)11-15/h3,5-6,10-13H,4,7-9H2,1-2H3,(H,23,28). The van der Waals surface area contributed by atoms with Crippen LogP contribution >= 0.6 is 11.6 Å². The SMILES string of the molecule is Cc1cc2n(n1)CCCN2C(=O)C(C)CC(=O)Nc1cc(-c2cccc(Cl)c2)no1. The number of carbonyl (C=O) groups is 2. The number of hydrogen-bond acceptors (Lipinski definition) is 5. The van der Waals surface area contributed by atoms with Gasteiger partial charge in [0.1, 0.15) is 11.5 Å². The van der Waals surface area contributed by atoms with Gasteiger partial charge in [-0.25, -0.2) is 4.68 Å². The molecule has 156 valence electrons. The van der Waals surface area contributed by atoms with E-state index < -0.39 is 5.92 Å². The summed E-state index contributed by atoms with van der Waals surface area (Å²) >= 11 is 6.00. The highest BCUT2D eigenvalue weighted by atomic mass is 35.5. The molecule has 4 rings (SSSR count). The Balaban J connectivity index is 1.38. The van der Waals surface area contributed by atoms with Crippen molar-refractivity contribution in [3.8, 4) is 11.3 Å². The summed E-state index contributed by atoms with van der Waals surface area (Å²) in [5.74, 6) is 0.121. The highest BCUT2D eigenvalue weighted by molar-refractivity contribution is 6.30. The zero-order chi connectivity index (χ0) is 21.3. The van der Waals surface area contributed by atoms with Gasteiger partial charge >= 0.3 is 0 Å². The summed E-state index contributed by atoms with van der Waals surface area (Å²) in [5, 5.41) is 11.6. The molecule has 8 nitrogen and oxygen atoms in total. The number of carbonyl (C=O) groups excluding carboxylic acids is 2. The minimum Gasteiger partial charge on any atom is -0.338 e. The van der Waals surface area contributed by atoms with Gasteiger partial charge < -0.3 is 4.52 Å². The Morgan fingerprint density at radius 1 is 1.27 bits per heavy atom. The number of aromatic nitrogens is 3. The third kappa shape index (κ3) is 4.23. The fraction of sp³-hybridized carbons (Fsp3) is 0.333. The van der Waals surface area contributed by atoms with Gasteiger partial charge in [0, 0.05) is 48.1 Å². The predicted octanol–water partition coefficient (Wildman–Crippen LogP) is 3.90. The number of anilines is 2. The van der Waals surface area contributed by atoms with E-state index in [1.165, 1.54) is 0 Å². The van der Waals surface area contributed by atoms with Gasteiger partial charge in [0.2, 0.25) is 17.7 Å². The summed E-state index contributed by atoms with van der Waals surface area (Å²) < 4.78 is 7.05. The van der Waals surface area contributed by atoms with Crippen LogP contribution in [0.3, 0.4) is 0 Å². The first-order chi connectivity index (χ1) is 14.4. The minimum absolute atomic E-state index is 0.0374. The van der Waals surface area contributed by atoms with Gasteiger partial charge in [0.15, 0.2) is 0 Å². The molecular formula is C21H22ClN5O3. The second-order valence-corrected chi connectivity index (χ2v) is 7.89. The Kier molecular flexibility index (Phi) is 5.59. The Morgan fingerprint density at radius 3 is 2.90 bits per heavy atom. The van der Waals surface area contributed by atoms with Crippen LogP contribution in [0, 0.1) is 12.8 Å². The molecule has 1 aliphatic rings. The Hall–Kier alpha value is -3.13. The van der Waals surface area contributed by atoms with Crippen molar-refractivity contribution < 1.29 is 14.1 Å². The second-order valence-electron chi connectivity index (χ2n) is 7.45. The van der Waals surface area contributed by atoms with E-state index in [1.807, 2.05) is 29.8 Å². The van der Waals surface area contributed by atoms with Gasteiger partial charge in [0.05, 0.1) is 5.69 Å². The molecule has 30 heavy (non-hydrogen) atoms. The van der Waals surface area contributed by atoms with Gasteiger partial charge in [-0.3, -0.25) is 19.8 Å². The molecule has 1 aliphatic heterocycles. The molecule has 0 bridgehead atoms. The number of benzene rings is 1. The average Bonchev–Trinajstić information content (AvgIpc) is 3.32. The first-order valence-corrected chi connectivity index (χ1v) is 10.2. The van der Waals surface area contributed by atoms with Crippen LogP contribution in [0.1, 0.15) is 25.5 Å². The van der Waals surface area contributed by atoms with Crippen LogP contribution in [0.4, 0.5) is 11.7 Å². The van der Waals surface area contributed by atoms with Gasteiger partial charge in [-0.05, 0) is 25.5 Å². The number of amides is 2. The lowest BCUT2D eigenvalue weighted by atomic mass is 10.1. The van der Waals surface area contributed by atoms with Crippen molar-refractivity contribution in [2.45, 2.75) is 33.2 Å². The second kappa shape index (κ2) is 8.31. The van der Waals surface area contributed by atoms with Crippen LogP contribution in [0.5, 0.6) is 0 Å². The summed E-state index contributed by atoms with van der Waals surface area (Å²) in [7, 11) is 0. The molecule has 0 spiro atoms. The van der Waals surface area contributed by atoms with Gasteiger partial charge in [-0.2, -0.15) is 5.10 Å². The maximum Gasteiger partial charge on any atom is 0.231 e. The summed E-state index contributed by atoms with van der Waals surface area (Å²) in [6.45, 7) is 5.07. The smallest absolute Gasteiger partial charge is 0.231 e. The van der Waals surface area contributed by atoms with Crippen molar-refractivity contribution in [1.82, 2.24) is 14.9 Å². The van der Waals surface area contributed by atoms with Crippen LogP contribution < -0.4 is 10.2 Å². The van der Waals surface area contributed by atoms with Crippen molar-refractivity contribution in [2.24, 2.45) is 5.92 Å². The monoisotopic (exact) mass is 427 g/mol. The maximum atomic E-state index is 12.9. The number of hydrogen-bond donors (Lipinski definition) is 1. The molecule has 1 atom stereocenters. The van der Waals surface area contributed by atoms with Crippen LogP contribution in [0.2, 0.25) is 5.02 Å². The van der Waals surface area contributed by atoms with Crippen LogP contribution in [0.25, 0.3) is 11.3 Å². The number of nitrogens with one attached hydrogen (secondary N) is 1. The average molecular weight is 428 g/mol. The van der Waals surface area contributed by atoms with Crippen molar-refractivity contribution in [3.05, 3.63) is 47.1 Å². The highest BCUT2D eigenvalue weighted by Gasteiger charge is 2.29. The summed E-state index contributed by atoms with van der Waals surface area (Å²) in [5.41, 5.74) is 2.22. The summed E-state index contributed by atoms with van der Waals surface area (Å²) in [6.07, 6.45) is 0.874. The molecule has 2 aromatic heterocycles. The number of nitrogens with zero attached hydrogens (tertiary/aromatic N) is 4. The summed E-state index contributed by atoms with van der Waals surface area (Å²) in [6, 6.07) is 10.7. The quantitative estimate of drug-likeness (QED) is 0.666. The maximum absolute atomic E-state index is 12.9. The number of rotatable bonds is 5. The Bertz CT molecular complexity index is 1090.